The van der Waals surface area contributed by atoms with Gasteiger partial charge >= 0.3 is 7.12 Å². The molecule has 0 aromatic carbocycles. The molecule has 1 aromatic heterocycles. The van der Waals surface area contributed by atoms with Gasteiger partial charge in [0, 0.05) is 19.3 Å². The molecule has 6 nitrogen and oxygen atoms in total. The number of ether oxygens (including phenoxy) is 1. The van der Waals surface area contributed by atoms with Crippen LogP contribution in [0.1, 0.15) is 38.2 Å². The van der Waals surface area contributed by atoms with Crippen molar-refractivity contribution in [3.63, 3.8) is 0 Å². The predicted octanol–water partition coefficient (Wildman–Crippen LogP) is 0.853. The smallest absolute Gasteiger partial charge is 0.399 e. The molecule has 124 valence electrons. The number of amides is 1. The number of aromatic nitrogens is 1. The molecule has 2 aliphatic rings. The second-order valence-corrected chi connectivity index (χ2v) is 6.97. The van der Waals surface area contributed by atoms with Crippen molar-refractivity contribution in [2.45, 2.75) is 38.9 Å². The molecule has 0 bridgehead atoms. The van der Waals surface area contributed by atoms with Crippen LogP contribution in [-0.4, -0.2) is 60.4 Å². The third-order valence-electron chi connectivity index (χ3n) is 4.83. The fourth-order valence-electron chi connectivity index (χ4n) is 2.62. The van der Waals surface area contributed by atoms with E-state index in [0.717, 1.165) is 5.46 Å². The number of rotatable bonds is 2. The highest BCUT2D eigenvalue weighted by atomic mass is 16.7. The van der Waals surface area contributed by atoms with Crippen molar-refractivity contribution in [2.24, 2.45) is 0 Å². The van der Waals surface area contributed by atoms with Crippen LogP contribution in [0, 0.1) is 0 Å². The highest BCUT2D eigenvalue weighted by Crippen LogP contribution is 2.36. The Morgan fingerprint density at radius 3 is 2.39 bits per heavy atom. The zero-order valence-electron chi connectivity index (χ0n) is 14.2. The first-order valence-electron chi connectivity index (χ1n) is 7.99. The monoisotopic (exact) mass is 318 g/mol. The maximum atomic E-state index is 12.5. The number of carbonyl (C=O) groups is 1. The fraction of sp³-hybridized carbons (Fsp3) is 0.625. The summed E-state index contributed by atoms with van der Waals surface area (Å²) in [6.45, 7) is 10.4. The van der Waals surface area contributed by atoms with Crippen LogP contribution in [0.2, 0.25) is 0 Å². The predicted molar refractivity (Wildman–Crippen MR) is 86.7 cm³/mol. The van der Waals surface area contributed by atoms with Crippen LogP contribution in [0.25, 0.3) is 0 Å². The highest BCUT2D eigenvalue weighted by molar-refractivity contribution is 6.62. The topological polar surface area (TPSA) is 60.9 Å². The summed E-state index contributed by atoms with van der Waals surface area (Å²) in [5.74, 6) is -0.0772. The highest BCUT2D eigenvalue weighted by Gasteiger charge is 2.51. The van der Waals surface area contributed by atoms with Gasteiger partial charge in [0.05, 0.1) is 24.4 Å². The Hall–Kier alpha value is -1.44. The molecule has 3 rings (SSSR count). The molecule has 1 aromatic rings. The summed E-state index contributed by atoms with van der Waals surface area (Å²) in [6, 6.07) is 3.60. The molecule has 0 saturated carbocycles. The van der Waals surface area contributed by atoms with Gasteiger partial charge in [-0.25, -0.2) is 0 Å². The molecule has 2 aliphatic heterocycles. The van der Waals surface area contributed by atoms with E-state index >= 15 is 0 Å². The summed E-state index contributed by atoms with van der Waals surface area (Å²) in [5.41, 5.74) is 0.416. The van der Waals surface area contributed by atoms with Gasteiger partial charge in [0.25, 0.3) is 5.91 Å². The molecule has 0 atom stereocenters. The zero-order chi connectivity index (χ0) is 16.7. The molecule has 0 radical (unpaired) electrons. The molecule has 23 heavy (non-hydrogen) atoms. The lowest BCUT2D eigenvalue weighted by Crippen LogP contribution is -2.42. The van der Waals surface area contributed by atoms with Crippen LogP contribution in [-0.2, 0) is 14.0 Å². The number of hydrogen-bond donors (Lipinski definition) is 0. The van der Waals surface area contributed by atoms with Crippen LogP contribution in [0.15, 0.2) is 18.3 Å². The Bertz CT molecular complexity index is 583. The summed E-state index contributed by atoms with van der Waals surface area (Å²) in [4.78, 5) is 18.5. The van der Waals surface area contributed by atoms with Gasteiger partial charge in [-0.05, 0) is 45.3 Å². The second-order valence-electron chi connectivity index (χ2n) is 6.97. The van der Waals surface area contributed by atoms with E-state index in [1.807, 2.05) is 33.8 Å². The van der Waals surface area contributed by atoms with Crippen molar-refractivity contribution in [3.8, 4) is 0 Å². The van der Waals surface area contributed by atoms with Crippen molar-refractivity contribution in [1.82, 2.24) is 9.88 Å². The van der Waals surface area contributed by atoms with Crippen LogP contribution in [0.4, 0.5) is 0 Å². The van der Waals surface area contributed by atoms with Gasteiger partial charge in [-0.1, -0.05) is 0 Å². The van der Waals surface area contributed by atoms with Gasteiger partial charge in [0.2, 0.25) is 0 Å². The fourth-order valence-corrected chi connectivity index (χ4v) is 2.62. The van der Waals surface area contributed by atoms with E-state index < -0.39 is 18.3 Å². The summed E-state index contributed by atoms with van der Waals surface area (Å²) in [7, 11) is -0.487. The van der Waals surface area contributed by atoms with E-state index in [-0.39, 0.29) is 5.91 Å². The molecule has 0 spiro atoms. The third kappa shape index (κ3) is 3.13. The lowest BCUT2D eigenvalue weighted by Gasteiger charge is -2.32. The quantitative estimate of drug-likeness (QED) is 0.757. The summed E-state index contributed by atoms with van der Waals surface area (Å²) >= 11 is 0. The molecule has 2 saturated heterocycles. The first kappa shape index (κ1) is 16.4. The number of pyridine rings is 1. The maximum Gasteiger partial charge on any atom is 0.494 e. The maximum absolute atomic E-state index is 12.5. The largest absolute Gasteiger partial charge is 0.494 e. The van der Waals surface area contributed by atoms with Crippen molar-refractivity contribution >= 4 is 18.5 Å². The molecular formula is C16H23BN2O4. The molecule has 1 amide bonds. The van der Waals surface area contributed by atoms with E-state index in [1.54, 1.807) is 17.2 Å². The number of morpholine rings is 1. The van der Waals surface area contributed by atoms with Crippen LogP contribution in [0.5, 0.6) is 0 Å². The number of hydrogen-bond acceptors (Lipinski definition) is 5. The van der Waals surface area contributed by atoms with E-state index in [4.69, 9.17) is 14.0 Å². The van der Waals surface area contributed by atoms with Gasteiger partial charge < -0.3 is 18.9 Å². The Morgan fingerprint density at radius 2 is 1.78 bits per heavy atom. The van der Waals surface area contributed by atoms with Gasteiger partial charge in [0.1, 0.15) is 5.69 Å². The third-order valence-corrected chi connectivity index (χ3v) is 4.83. The Morgan fingerprint density at radius 1 is 1.17 bits per heavy atom. The lowest BCUT2D eigenvalue weighted by molar-refractivity contribution is 0.00578. The molecule has 3 heterocycles. The Kier molecular flexibility index (Phi) is 4.20. The number of carbonyl (C=O) groups excluding carboxylic acids is 1. The standard InChI is InChI=1S/C16H23BN2O4/c1-15(2)16(3,4)23-17(22-15)12-5-6-18-13(11-12)14(20)19-7-9-21-10-8-19/h5-6,11H,7-10H2,1-4H3. The van der Waals surface area contributed by atoms with Crippen LogP contribution in [0.3, 0.4) is 0 Å². The van der Waals surface area contributed by atoms with Crippen molar-refractivity contribution < 1.29 is 18.8 Å². The minimum absolute atomic E-state index is 0.0772. The second kappa shape index (κ2) is 5.89. The summed E-state index contributed by atoms with van der Waals surface area (Å²) in [5, 5.41) is 0. The molecular weight excluding hydrogens is 295 g/mol. The van der Waals surface area contributed by atoms with Crippen molar-refractivity contribution in [1.29, 1.82) is 0 Å². The van der Waals surface area contributed by atoms with Gasteiger partial charge in [-0.15, -0.1) is 0 Å². The van der Waals surface area contributed by atoms with Crippen molar-refractivity contribution in [2.75, 3.05) is 26.3 Å². The van der Waals surface area contributed by atoms with E-state index in [0.29, 0.717) is 32.0 Å². The Labute approximate surface area is 137 Å². The molecule has 7 heteroatoms. The van der Waals surface area contributed by atoms with Gasteiger partial charge in [-0.2, -0.15) is 0 Å². The zero-order valence-corrected chi connectivity index (χ0v) is 14.2. The number of nitrogens with zero attached hydrogens (tertiary/aromatic N) is 2. The van der Waals surface area contributed by atoms with E-state index in [2.05, 4.69) is 4.98 Å². The van der Waals surface area contributed by atoms with Crippen molar-refractivity contribution in [3.05, 3.63) is 24.0 Å². The average Bonchev–Trinajstić information content (AvgIpc) is 2.76. The first-order valence-corrected chi connectivity index (χ1v) is 7.99. The molecule has 0 unspecified atom stereocenters. The van der Waals surface area contributed by atoms with Gasteiger partial charge in [-0.3, -0.25) is 9.78 Å². The minimum atomic E-state index is -0.487. The minimum Gasteiger partial charge on any atom is -0.399 e. The Balaban J connectivity index is 1.79. The first-order chi connectivity index (χ1) is 10.8. The van der Waals surface area contributed by atoms with Gasteiger partial charge in [0.15, 0.2) is 0 Å². The normalized spacial score (nSPS) is 23.1. The van der Waals surface area contributed by atoms with Crippen LogP contribution >= 0.6 is 0 Å². The molecule has 0 aliphatic carbocycles. The summed E-state index contributed by atoms with van der Waals surface area (Å²) < 4.78 is 17.4. The summed E-state index contributed by atoms with van der Waals surface area (Å²) in [6.07, 6.45) is 1.63. The average molecular weight is 318 g/mol. The van der Waals surface area contributed by atoms with E-state index in [9.17, 15) is 4.79 Å². The van der Waals surface area contributed by atoms with Crippen LogP contribution < -0.4 is 5.46 Å². The van der Waals surface area contributed by atoms with E-state index in [1.165, 1.54) is 0 Å². The SMILES string of the molecule is CC1(C)OB(c2ccnc(C(=O)N3CCOCC3)c2)OC1(C)C. The lowest BCUT2D eigenvalue weighted by atomic mass is 9.79. The molecule has 0 N–H and O–H groups in total. The molecule has 2 fully saturated rings.